The highest BCUT2D eigenvalue weighted by Crippen LogP contribution is 2.41. The van der Waals surface area contributed by atoms with Gasteiger partial charge in [-0.2, -0.15) is 0 Å². The second-order valence-corrected chi connectivity index (χ2v) is 5.44. The molecule has 0 spiro atoms. The molecule has 1 aliphatic rings. The maximum absolute atomic E-state index is 12.6. The van der Waals surface area contributed by atoms with E-state index in [1.165, 1.54) is 0 Å². The number of methoxy groups -OCH3 is 1. The van der Waals surface area contributed by atoms with E-state index >= 15 is 0 Å². The first-order valence-corrected chi connectivity index (χ1v) is 6.63. The zero-order valence-corrected chi connectivity index (χ0v) is 12.1. The minimum atomic E-state index is -0.231. The van der Waals surface area contributed by atoms with E-state index in [4.69, 9.17) is 4.74 Å². The average molecular weight is 259 g/mol. The van der Waals surface area contributed by atoms with Gasteiger partial charge in [-0.1, -0.05) is 33.4 Å². The van der Waals surface area contributed by atoms with Crippen LogP contribution in [0.4, 0.5) is 0 Å². The molecule has 1 amide bonds. The lowest BCUT2D eigenvalue weighted by atomic mass is 9.75. The molecular weight excluding hydrogens is 238 g/mol. The van der Waals surface area contributed by atoms with E-state index in [0.717, 1.165) is 23.2 Å². The van der Waals surface area contributed by atoms with Gasteiger partial charge in [0.15, 0.2) is 0 Å². The van der Waals surface area contributed by atoms with Gasteiger partial charge in [0, 0.05) is 23.2 Å². The van der Waals surface area contributed by atoms with Crippen LogP contribution in [0.15, 0.2) is 30.5 Å². The van der Waals surface area contributed by atoms with E-state index in [9.17, 15) is 4.79 Å². The fourth-order valence-corrected chi connectivity index (χ4v) is 2.59. The van der Waals surface area contributed by atoms with Crippen LogP contribution >= 0.6 is 0 Å². The lowest BCUT2D eigenvalue weighted by Crippen LogP contribution is -2.44. The molecule has 1 heterocycles. The summed E-state index contributed by atoms with van der Waals surface area (Å²) in [5, 5.41) is 0. The van der Waals surface area contributed by atoms with Gasteiger partial charge in [0.05, 0.1) is 7.11 Å². The van der Waals surface area contributed by atoms with Crippen LogP contribution in [0.2, 0.25) is 0 Å². The number of hydrogen-bond acceptors (Lipinski definition) is 2. The van der Waals surface area contributed by atoms with Gasteiger partial charge in [0.2, 0.25) is 0 Å². The highest BCUT2D eigenvalue weighted by molar-refractivity contribution is 5.99. The van der Waals surface area contributed by atoms with Gasteiger partial charge in [-0.05, 0) is 24.1 Å². The van der Waals surface area contributed by atoms with Crippen molar-refractivity contribution in [1.29, 1.82) is 0 Å². The second kappa shape index (κ2) is 4.72. The SMILES string of the molecule is C=C1N(CCC)C(=O)c2cc(OC)ccc2C1(C)C. The number of fused-ring (bicyclic) bond motifs is 1. The van der Waals surface area contributed by atoms with Crippen LogP contribution in [0.25, 0.3) is 0 Å². The topological polar surface area (TPSA) is 29.5 Å². The van der Waals surface area contributed by atoms with Gasteiger partial charge in [-0.3, -0.25) is 4.79 Å². The summed E-state index contributed by atoms with van der Waals surface area (Å²) in [5.74, 6) is 0.743. The predicted octanol–water partition coefficient (Wildman–Crippen LogP) is 3.35. The van der Waals surface area contributed by atoms with Crippen molar-refractivity contribution in [2.45, 2.75) is 32.6 Å². The minimum Gasteiger partial charge on any atom is -0.497 e. The molecule has 0 bridgehead atoms. The lowest BCUT2D eigenvalue weighted by Gasteiger charge is -2.41. The number of hydrogen-bond donors (Lipinski definition) is 0. The molecule has 102 valence electrons. The molecule has 1 aliphatic heterocycles. The van der Waals surface area contributed by atoms with E-state index in [-0.39, 0.29) is 11.3 Å². The number of ether oxygens (including phenoxy) is 1. The molecule has 0 aromatic heterocycles. The number of carbonyl (C=O) groups excluding carboxylic acids is 1. The first-order chi connectivity index (χ1) is 8.93. The molecule has 0 fully saturated rings. The third kappa shape index (κ3) is 2.03. The summed E-state index contributed by atoms with van der Waals surface area (Å²) in [6.45, 7) is 11.1. The summed E-state index contributed by atoms with van der Waals surface area (Å²) >= 11 is 0. The van der Waals surface area contributed by atoms with Crippen molar-refractivity contribution in [3.05, 3.63) is 41.6 Å². The van der Waals surface area contributed by atoms with E-state index in [1.54, 1.807) is 12.0 Å². The van der Waals surface area contributed by atoms with Crippen LogP contribution in [0.3, 0.4) is 0 Å². The van der Waals surface area contributed by atoms with Gasteiger partial charge >= 0.3 is 0 Å². The van der Waals surface area contributed by atoms with Gasteiger partial charge < -0.3 is 9.64 Å². The minimum absolute atomic E-state index is 0.0278. The van der Waals surface area contributed by atoms with Crippen molar-refractivity contribution in [3.63, 3.8) is 0 Å². The zero-order chi connectivity index (χ0) is 14.2. The average Bonchev–Trinajstić information content (AvgIpc) is 2.41. The third-order valence-electron chi connectivity index (χ3n) is 3.87. The molecule has 0 aliphatic carbocycles. The van der Waals surface area contributed by atoms with Crippen LogP contribution in [-0.4, -0.2) is 24.5 Å². The molecule has 1 aromatic rings. The zero-order valence-electron chi connectivity index (χ0n) is 12.1. The Morgan fingerprint density at radius 2 is 2.05 bits per heavy atom. The smallest absolute Gasteiger partial charge is 0.258 e. The standard InChI is InChI=1S/C16H21NO2/c1-6-9-17-11(2)16(3,4)14-8-7-12(19-5)10-13(14)15(17)18/h7-8,10H,2,6,9H2,1,3-5H3. The van der Waals surface area contributed by atoms with Crippen LogP contribution < -0.4 is 4.74 Å². The van der Waals surface area contributed by atoms with E-state index in [0.29, 0.717) is 12.3 Å². The van der Waals surface area contributed by atoms with Crippen LogP contribution in [0.5, 0.6) is 5.75 Å². The van der Waals surface area contributed by atoms with Gasteiger partial charge in [0.1, 0.15) is 5.75 Å². The largest absolute Gasteiger partial charge is 0.497 e. The van der Waals surface area contributed by atoms with Crippen molar-refractivity contribution >= 4 is 5.91 Å². The fourth-order valence-electron chi connectivity index (χ4n) is 2.59. The predicted molar refractivity (Wildman–Crippen MR) is 76.5 cm³/mol. The van der Waals surface area contributed by atoms with Crippen molar-refractivity contribution in [3.8, 4) is 5.75 Å². The second-order valence-electron chi connectivity index (χ2n) is 5.44. The number of rotatable bonds is 3. The molecule has 3 heteroatoms. The number of amides is 1. The van der Waals surface area contributed by atoms with E-state index in [1.807, 2.05) is 18.2 Å². The van der Waals surface area contributed by atoms with E-state index in [2.05, 4.69) is 27.4 Å². The van der Waals surface area contributed by atoms with Gasteiger partial charge in [0.25, 0.3) is 5.91 Å². The first-order valence-electron chi connectivity index (χ1n) is 6.63. The normalized spacial score (nSPS) is 17.4. The molecule has 0 unspecified atom stereocenters. The van der Waals surface area contributed by atoms with Gasteiger partial charge in [-0.25, -0.2) is 0 Å². The van der Waals surface area contributed by atoms with Crippen molar-refractivity contribution < 1.29 is 9.53 Å². The van der Waals surface area contributed by atoms with Crippen LogP contribution in [0.1, 0.15) is 43.1 Å². The summed E-state index contributed by atoms with van der Waals surface area (Å²) in [4.78, 5) is 14.4. The molecule has 0 atom stereocenters. The Bertz CT molecular complexity index is 532. The Hall–Kier alpha value is -1.77. The highest BCUT2D eigenvalue weighted by atomic mass is 16.5. The molecule has 1 aromatic carbocycles. The molecule has 19 heavy (non-hydrogen) atoms. The summed E-state index contributed by atoms with van der Waals surface area (Å²) < 4.78 is 5.23. The maximum atomic E-state index is 12.6. The molecule has 2 rings (SSSR count). The summed E-state index contributed by atoms with van der Waals surface area (Å²) in [7, 11) is 1.61. The van der Waals surface area contributed by atoms with Crippen molar-refractivity contribution in [2.75, 3.05) is 13.7 Å². The Kier molecular flexibility index (Phi) is 3.40. The number of benzene rings is 1. The number of carbonyl (C=O) groups is 1. The maximum Gasteiger partial charge on any atom is 0.258 e. The lowest BCUT2D eigenvalue weighted by molar-refractivity contribution is 0.0764. The quantitative estimate of drug-likeness (QED) is 0.833. The first kappa shape index (κ1) is 13.7. The fraction of sp³-hybridized carbons (Fsp3) is 0.438. The van der Waals surface area contributed by atoms with Crippen LogP contribution in [-0.2, 0) is 5.41 Å². The van der Waals surface area contributed by atoms with E-state index < -0.39 is 0 Å². The van der Waals surface area contributed by atoms with Crippen molar-refractivity contribution in [2.24, 2.45) is 0 Å². The highest BCUT2D eigenvalue weighted by Gasteiger charge is 2.39. The Morgan fingerprint density at radius 1 is 1.37 bits per heavy atom. The Balaban J connectivity index is 2.59. The van der Waals surface area contributed by atoms with Crippen LogP contribution in [0, 0.1) is 0 Å². The number of nitrogens with zero attached hydrogens (tertiary/aromatic N) is 1. The summed E-state index contributed by atoms with van der Waals surface area (Å²) in [5.41, 5.74) is 2.39. The molecule has 3 nitrogen and oxygen atoms in total. The molecule has 0 saturated carbocycles. The van der Waals surface area contributed by atoms with Gasteiger partial charge in [-0.15, -0.1) is 0 Å². The van der Waals surface area contributed by atoms with Crippen molar-refractivity contribution in [1.82, 2.24) is 4.90 Å². The molecule has 0 saturated heterocycles. The molecule has 0 radical (unpaired) electrons. The molecular formula is C16H21NO2. The Morgan fingerprint density at radius 3 is 2.63 bits per heavy atom. The molecule has 0 N–H and O–H groups in total. The number of allylic oxidation sites excluding steroid dienone is 1. The third-order valence-corrected chi connectivity index (χ3v) is 3.87. The monoisotopic (exact) mass is 259 g/mol. The Labute approximate surface area is 114 Å². The summed E-state index contributed by atoms with van der Waals surface area (Å²) in [6.07, 6.45) is 0.917. The summed E-state index contributed by atoms with van der Waals surface area (Å²) in [6, 6.07) is 5.70.